The number of aliphatic hydroxyl groups is 1. The zero-order chi connectivity index (χ0) is 30.5. The van der Waals surface area contributed by atoms with Gasteiger partial charge in [-0.15, -0.1) is 0 Å². The molecule has 0 bridgehead atoms. The number of rotatable bonds is 17. The van der Waals surface area contributed by atoms with Gasteiger partial charge in [0.05, 0.1) is 6.61 Å². The Morgan fingerprint density at radius 1 is 1.05 bits per heavy atom. The van der Waals surface area contributed by atoms with Gasteiger partial charge in [-0.05, 0) is 33.3 Å². The number of hydrogen-bond donors (Lipinski definition) is 2. The van der Waals surface area contributed by atoms with Crippen LogP contribution in [0.1, 0.15) is 117 Å². The third-order valence-electron chi connectivity index (χ3n) is 6.73. The van der Waals surface area contributed by atoms with Crippen LogP contribution in [0.4, 0.5) is 19.4 Å². The molecule has 2 heterocycles. The lowest BCUT2D eigenvalue weighted by molar-refractivity contribution is -0.176. The summed E-state index contributed by atoms with van der Waals surface area (Å²) in [7, 11) is 0. The first-order valence-electron chi connectivity index (χ1n) is 14.8. The van der Waals surface area contributed by atoms with Crippen LogP contribution >= 0.6 is 0 Å². The van der Waals surface area contributed by atoms with Crippen molar-refractivity contribution in [3.05, 3.63) is 22.7 Å². The Morgan fingerprint density at radius 2 is 1.61 bits per heavy atom. The number of halogens is 2. The van der Waals surface area contributed by atoms with E-state index >= 15 is 8.78 Å². The minimum atomic E-state index is -3.83. The zero-order valence-corrected chi connectivity index (χ0v) is 24.8. The summed E-state index contributed by atoms with van der Waals surface area (Å²) in [5.41, 5.74) is -1.93. The Morgan fingerprint density at radius 3 is 2.12 bits per heavy atom. The van der Waals surface area contributed by atoms with Crippen LogP contribution in [0.2, 0.25) is 0 Å². The minimum absolute atomic E-state index is 0.0284. The van der Waals surface area contributed by atoms with Gasteiger partial charge in [-0.2, -0.15) is 13.8 Å². The smallest absolute Gasteiger partial charge is 0.413 e. The third-order valence-corrected chi connectivity index (χ3v) is 6.73. The van der Waals surface area contributed by atoms with Gasteiger partial charge >= 0.3 is 23.7 Å². The molecule has 1 saturated heterocycles. The molecule has 0 aromatic carbocycles. The molecule has 1 amide bonds. The average molecular weight is 588 g/mol. The Bertz CT molecular complexity index is 1010. The van der Waals surface area contributed by atoms with Crippen LogP contribution in [0.5, 0.6) is 0 Å². The van der Waals surface area contributed by atoms with Crippen molar-refractivity contribution in [2.24, 2.45) is 0 Å². The van der Waals surface area contributed by atoms with E-state index in [0.717, 1.165) is 37.9 Å². The first kappa shape index (κ1) is 34.6. The molecule has 1 aliphatic rings. The largest absolute Gasteiger partial charge is 0.453 e. The van der Waals surface area contributed by atoms with Gasteiger partial charge in [-0.1, -0.05) is 77.6 Å². The van der Waals surface area contributed by atoms with E-state index in [1.165, 1.54) is 44.9 Å². The molecule has 1 aromatic heterocycles. The lowest BCUT2D eigenvalue weighted by atomic mass is 10.0. The number of alkyl halides is 2. The summed E-state index contributed by atoms with van der Waals surface area (Å²) in [6, 6.07) is 1.13. The molecule has 12 heteroatoms. The van der Waals surface area contributed by atoms with Crippen LogP contribution in [0, 0.1) is 0 Å². The number of ether oxygens (including phenoxy) is 3. The van der Waals surface area contributed by atoms with Crippen molar-refractivity contribution < 1.29 is 37.7 Å². The van der Waals surface area contributed by atoms with Crippen molar-refractivity contribution in [1.29, 1.82) is 0 Å². The fraction of sp³-hybridized carbons (Fsp3) is 0.793. The Kier molecular flexibility index (Phi) is 14.1. The SMILES string of the molecule is CCCCCCCCCCCCCCC(=O)O[C@@H]1[C@@H](CO)O[C@@H](n2ccc(NC(=O)OC(C)(C)C)nc2=O)C1(F)F. The van der Waals surface area contributed by atoms with Gasteiger partial charge in [0.15, 0.2) is 6.10 Å². The highest BCUT2D eigenvalue weighted by atomic mass is 19.3. The number of esters is 1. The molecule has 0 aliphatic carbocycles. The predicted octanol–water partition coefficient (Wildman–Crippen LogP) is 6.12. The summed E-state index contributed by atoms with van der Waals surface area (Å²) in [5, 5.41) is 11.9. The van der Waals surface area contributed by atoms with Crippen LogP contribution in [0.15, 0.2) is 17.1 Å². The van der Waals surface area contributed by atoms with Gasteiger partial charge in [0.2, 0.25) is 6.23 Å². The monoisotopic (exact) mass is 587 g/mol. The molecule has 2 rings (SSSR count). The van der Waals surface area contributed by atoms with Gasteiger partial charge < -0.3 is 19.3 Å². The molecule has 1 aromatic rings. The Hall–Kier alpha value is -2.60. The lowest BCUT2D eigenvalue weighted by Gasteiger charge is -2.24. The van der Waals surface area contributed by atoms with E-state index in [-0.39, 0.29) is 12.2 Å². The molecule has 2 N–H and O–H groups in total. The quantitative estimate of drug-likeness (QED) is 0.165. The maximum absolute atomic E-state index is 15.3. The molecule has 1 fully saturated rings. The number of amides is 1. The van der Waals surface area contributed by atoms with Gasteiger partial charge in [-0.25, -0.2) is 9.59 Å². The number of nitrogens with zero attached hydrogens (tertiary/aromatic N) is 2. The van der Waals surface area contributed by atoms with E-state index in [4.69, 9.17) is 14.2 Å². The average Bonchev–Trinajstić information content (AvgIpc) is 3.12. The summed E-state index contributed by atoms with van der Waals surface area (Å²) >= 11 is 0. The van der Waals surface area contributed by atoms with Crippen molar-refractivity contribution in [1.82, 2.24) is 9.55 Å². The Labute approximate surface area is 241 Å². The van der Waals surface area contributed by atoms with E-state index in [9.17, 15) is 19.5 Å². The summed E-state index contributed by atoms with van der Waals surface area (Å²) in [4.78, 5) is 40.4. The van der Waals surface area contributed by atoms with Crippen LogP contribution in [-0.4, -0.2) is 57.1 Å². The van der Waals surface area contributed by atoms with Crippen molar-refractivity contribution in [3.63, 3.8) is 0 Å². The summed E-state index contributed by atoms with van der Waals surface area (Å²) < 4.78 is 46.6. The number of unbranched alkanes of at least 4 members (excludes halogenated alkanes) is 11. The molecule has 0 unspecified atom stereocenters. The van der Waals surface area contributed by atoms with Gasteiger partial charge in [-0.3, -0.25) is 14.7 Å². The molecule has 0 spiro atoms. The number of carbonyl (C=O) groups excluding carboxylic acids is 2. The molecular formula is C29H47F2N3O7. The normalized spacial score (nSPS) is 20.1. The van der Waals surface area contributed by atoms with E-state index in [1.807, 2.05) is 0 Å². The first-order chi connectivity index (χ1) is 19.4. The molecule has 0 saturated carbocycles. The van der Waals surface area contributed by atoms with Crippen molar-refractivity contribution in [3.8, 4) is 0 Å². The van der Waals surface area contributed by atoms with Gasteiger partial charge in [0, 0.05) is 12.6 Å². The summed E-state index contributed by atoms with van der Waals surface area (Å²) in [6.07, 6.45) is 7.67. The molecular weight excluding hydrogens is 540 g/mol. The molecule has 234 valence electrons. The first-order valence-corrected chi connectivity index (χ1v) is 14.8. The van der Waals surface area contributed by atoms with E-state index in [1.54, 1.807) is 20.8 Å². The second-order valence-electron chi connectivity index (χ2n) is 11.6. The van der Waals surface area contributed by atoms with Crippen LogP contribution in [0.3, 0.4) is 0 Å². The number of hydrogen-bond acceptors (Lipinski definition) is 8. The van der Waals surface area contributed by atoms with E-state index in [2.05, 4.69) is 17.2 Å². The maximum atomic E-state index is 15.3. The molecule has 3 atom stereocenters. The number of aromatic nitrogens is 2. The highest BCUT2D eigenvalue weighted by Crippen LogP contribution is 2.44. The molecule has 1 aliphatic heterocycles. The fourth-order valence-corrected chi connectivity index (χ4v) is 4.64. The third kappa shape index (κ3) is 11.7. The predicted molar refractivity (Wildman–Crippen MR) is 150 cm³/mol. The molecule has 0 radical (unpaired) electrons. The lowest BCUT2D eigenvalue weighted by Crippen LogP contribution is -2.44. The second kappa shape index (κ2) is 16.7. The number of aliphatic hydroxyl groups excluding tert-OH is 1. The number of anilines is 1. The van der Waals surface area contributed by atoms with Crippen molar-refractivity contribution >= 4 is 17.9 Å². The van der Waals surface area contributed by atoms with Gasteiger partial charge in [0.1, 0.15) is 17.5 Å². The number of carbonyl (C=O) groups is 2. The standard InChI is InChI=1S/C29H47F2N3O7/c1-5-6-7-8-9-10-11-12-13-14-15-16-17-23(36)40-24-21(20-35)39-25(29(24,30)31)34-19-18-22(32-26(34)37)33-27(38)41-28(2,3)4/h18-19,21,24-25,35H,5-17,20H2,1-4H3,(H,32,33,37,38)/t21-,24-,25-/m1/s1. The topological polar surface area (TPSA) is 129 Å². The Balaban J connectivity index is 1.82. The highest BCUT2D eigenvalue weighted by molar-refractivity contribution is 5.83. The second-order valence-corrected chi connectivity index (χ2v) is 11.6. The maximum Gasteiger partial charge on any atom is 0.413 e. The summed E-state index contributed by atoms with van der Waals surface area (Å²) in [5.74, 6) is -4.84. The van der Waals surface area contributed by atoms with Gasteiger partial charge in [0.25, 0.3) is 0 Å². The van der Waals surface area contributed by atoms with E-state index < -0.39 is 54.3 Å². The van der Waals surface area contributed by atoms with Crippen molar-refractivity contribution in [2.45, 2.75) is 141 Å². The van der Waals surface area contributed by atoms with Crippen molar-refractivity contribution in [2.75, 3.05) is 11.9 Å². The minimum Gasteiger partial charge on any atom is -0.453 e. The fourth-order valence-electron chi connectivity index (χ4n) is 4.64. The van der Waals surface area contributed by atoms with Crippen LogP contribution < -0.4 is 11.0 Å². The zero-order valence-electron chi connectivity index (χ0n) is 24.8. The highest BCUT2D eigenvalue weighted by Gasteiger charge is 2.62. The van der Waals surface area contributed by atoms with Crippen LogP contribution in [0.25, 0.3) is 0 Å². The summed E-state index contributed by atoms with van der Waals surface area (Å²) in [6.45, 7) is 6.31. The number of nitrogens with one attached hydrogen (secondary N) is 1. The van der Waals surface area contributed by atoms with Crippen LogP contribution in [-0.2, 0) is 19.0 Å². The van der Waals surface area contributed by atoms with E-state index in [0.29, 0.717) is 11.0 Å². The molecule has 41 heavy (non-hydrogen) atoms. The molecule has 10 nitrogen and oxygen atoms in total.